The number of ether oxygens (including phenoxy) is 2. The van der Waals surface area contributed by atoms with E-state index in [1.807, 2.05) is 0 Å². The molecular weight excluding hydrogens is 329 g/mol. The van der Waals surface area contributed by atoms with Gasteiger partial charge in [-0.25, -0.2) is 17.9 Å². The molecule has 0 aliphatic carbocycles. The zero-order valence-electron chi connectivity index (χ0n) is 9.43. The Kier molecular flexibility index (Phi) is 6.00. The van der Waals surface area contributed by atoms with Crippen molar-refractivity contribution in [3.63, 3.8) is 0 Å². The molecule has 0 heterocycles. The van der Waals surface area contributed by atoms with E-state index < -0.39 is 15.8 Å². The van der Waals surface area contributed by atoms with E-state index in [1.54, 1.807) is 6.07 Å². The minimum absolute atomic E-state index is 0.0108. The summed E-state index contributed by atoms with van der Waals surface area (Å²) in [7, 11) is -3.51. The minimum Gasteiger partial charge on any atom is -0.488 e. The van der Waals surface area contributed by atoms with Gasteiger partial charge < -0.3 is 9.47 Å². The minimum atomic E-state index is -3.51. The maximum absolute atomic E-state index is 13.2. The van der Waals surface area contributed by atoms with Crippen LogP contribution in [0.15, 0.2) is 22.7 Å². The summed E-state index contributed by atoms with van der Waals surface area (Å²) in [5.74, 6) is -0.611. The van der Waals surface area contributed by atoms with E-state index in [1.165, 1.54) is 12.1 Å². The number of rotatable bonds is 7. The van der Waals surface area contributed by atoms with Crippen LogP contribution in [-0.2, 0) is 14.8 Å². The molecule has 0 saturated heterocycles. The molecule has 0 fully saturated rings. The quantitative estimate of drug-likeness (QED) is 0.757. The Morgan fingerprint density at radius 3 is 2.67 bits per heavy atom. The topological polar surface area (TPSA) is 78.6 Å². The van der Waals surface area contributed by atoms with Gasteiger partial charge in [0, 0.05) is 4.47 Å². The highest BCUT2D eigenvalue weighted by atomic mass is 79.9. The summed E-state index contributed by atoms with van der Waals surface area (Å²) in [5.41, 5.74) is 0. The Morgan fingerprint density at radius 1 is 1.28 bits per heavy atom. The lowest BCUT2D eigenvalue weighted by atomic mass is 10.3. The summed E-state index contributed by atoms with van der Waals surface area (Å²) in [6, 6.07) is 4.34. The highest BCUT2D eigenvalue weighted by Crippen LogP contribution is 2.21. The fourth-order valence-corrected chi connectivity index (χ4v) is 1.77. The molecule has 0 spiro atoms. The summed E-state index contributed by atoms with van der Waals surface area (Å²) in [5, 5.41) is 4.78. The van der Waals surface area contributed by atoms with Crippen molar-refractivity contribution in [1.29, 1.82) is 0 Å². The van der Waals surface area contributed by atoms with Gasteiger partial charge >= 0.3 is 0 Å². The van der Waals surface area contributed by atoms with Gasteiger partial charge in [-0.1, -0.05) is 15.9 Å². The van der Waals surface area contributed by atoms with E-state index in [-0.39, 0.29) is 31.3 Å². The Morgan fingerprint density at radius 2 is 2.00 bits per heavy atom. The summed E-state index contributed by atoms with van der Waals surface area (Å²) in [6.45, 7) is 0.266. The number of benzene rings is 1. The molecular formula is C10H13BrFNO4S. The predicted molar refractivity (Wildman–Crippen MR) is 68.4 cm³/mol. The van der Waals surface area contributed by atoms with Crippen LogP contribution in [0.5, 0.6) is 5.75 Å². The van der Waals surface area contributed by atoms with E-state index in [2.05, 4.69) is 15.9 Å². The van der Waals surface area contributed by atoms with Gasteiger partial charge in [0.1, 0.15) is 6.61 Å². The second kappa shape index (κ2) is 7.03. The molecule has 0 radical (unpaired) electrons. The predicted octanol–water partition coefficient (Wildman–Crippen LogP) is 1.27. The normalized spacial score (nSPS) is 11.5. The van der Waals surface area contributed by atoms with Crippen molar-refractivity contribution >= 4 is 26.0 Å². The SMILES string of the molecule is NS(=O)(=O)CCOCCOc1cc(Br)ccc1F. The molecule has 2 N–H and O–H groups in total. The van der Waals surface area contributed by atoms with Crippen molar-refractivity contribution in [2.24, 2.45) is 5.14 Å². The summed E-state index contributed by atoms with van der Waals surface area (Å²) < 4.78 is 45.2. The average Bonchev–Trinajstić information content (AvgIpc) is 2.26. The molecule has 1 rings (SSSR count). The molecule has 8 heteroatoms. The van der Waals surface area contributed by atoms with Crippen LogP contribution in [0.1, 0.15) is 0 Å². The van der Waals surface area contributed by atoms with Gasteiger partial charge in [-0.15, -0.1) is 0 Å². The second-order valence-electron chi connectivity index (χ2n) is 3.40. The Balaban J connectivity index is 2.24. The Labute approximate surface area is 113 Å². The van der Waals surface area contributed by atoms with Gasteiger partial charge in [0.05, 0.1) is 19.0 Å². The third kappa shape index (κ3) is 6.29. The maximum atomic E-state index is 13.2. The van der Waals surface area contributed by atoms with Gasteiger partial charge in [-0.3, -0.25) is 0 Å². The van der Waals surface area contributed by atoms with Crippen molar-refractivity contribution in [2.75, 3.05) is 25.6 Å². The van der Waals surface area contributed by atoms with Crippen LogP contribution in [0.3, 0.4) is 0 Å². The van der Waals surface area contributed by atoms with Gasteiger partial charge in [0.15, 0.2) is 11.6 Å². The lowest BCUT2D eigenvalue weighted by molar-refractivity contribution is 0.109. The first-order valence-corrected chi connectivity index (χ1v) is 7.55. The molecule has 18 heavy (non-hydrogen) atoms. The van der Waals surface area contributed by atoms with Crippen molar-refractivity contribution in [2.45, 2.75) is 0 Å². The van der Waals surface area contributed by atoms with Crippen molar-refractivity contribution in [1.82, 2.24) is 0 Å². The van der Waals surface area contributed by atoms with Crippen molar-refractivity contribution in [3.8, 4) is 5.75 Å². The molecule has 1 aromatic carbocycles. The Hall–Kier alpha value is -0.700. The largest absolute Gasteiger partial charge is 0.488 e. The molecule has 0 bridgehead atoms. The van der Waals surface area contributed by atoms with Crippen LogP contribution in [0, 0.1) is 5.82 Å². The van der Waals surface area contributed by atoms with Gasteiger partial charge in [-0.2, -0.15) is 0 Å². The van der Waals surface area contributed by atoms with E-state index in [0.29, 0.717) is 4.47 Å². The van der Waals surface area contributed by atoms with Crippen LogP contribution < -0.4 is 9.88 Å². The summed E-state index contributed by atoms with van der Waals surface area (Å²) in [6.07, 6.45) is 0. The van der Waals surface area contributed by atoms with Crippen LogP contribution in [0.4, 0.5) is 4.39 Å². The zero-order valence-corrected chi connectivity index (χ0v) is 11.8. The average molecular weight is 342 g/mol. The zero-order chi connectivity index (χ0) is 13.6. The fraction of sp³-hybridized carbons (Fsp3) is 0.400. The summed E-state index contributed by atoms with van der Waals surface area (Å²) >= 11 is 3.19. The first kappa shape index (κ1) is 15.4. The molecule has 0 amide bonds. The van der Waals surface area contributed by atoms with E-state index in [0.717, 1.165) is 0 Å². The molecule has 5 nitrogen and oxygen atoms in total. The molecule has 0 aliphatic heterocycles. The van der Waals surface area contributed by atoms with E-state index >= 15 is 0 Å². The number of primary sulfonamides is 1. The maximum Gasteiger partial charge on any atom is 0.211 e. The third-order valence-electron chi connectivity index (χ3n) is 1.89. The molecule has 0 aromatic heterocycles. The number of hydrogen-bond acceptors (Lipinski definition) is 4. The number of halogens is 2. The molecule has 1 aromatic rings. The van der Waals surface area contributed by atoms with E-state index in [9.17, 15) is 12.8 Å². The molecule has 102 valence electrons. The highest BCUT2D eigenvalue weighted by Gasteiger charge is 2.04. The number of hydrogen-bond donors (Lipinski definition) is 1. The molecule has 0 aliphatic rings. The fourth-order valence-electron chi connectivity index (χ4n) is 1.08. The lowest BCUT2D eigenvalue weighted by Gasteiger charge is -2.08. The van der Waals surface area contributed by atoms with Crippen molar-refractivity contribution in [3.05, 3.63) is 28.5 Å². The second-order valence-corrected chi connectivity index (χ2v) is 6.05. The first-order valence-electron chi connectivity index (χ1n) is 5.04. The van der Waals surface area contributed by atoms with Gasteiger partial charge in [0.25, 0.3) is 0 Å². The highest BCUT2D eigenvalue weighted by molar-refractivity contribution is 9.10. The van der Waals surface area contributed by atoms with Crippen LogP contribution in [0.2, 0.25) is 0 Å². The smallest absolute Gasteiger partial charge is 0.211 e. The van der Waals surface area contributed by atoms with Crippen LogP contribution >= 0.6 is 15.9 Å². The molecule has 0 atom stereocenters. The molecule has 0 saturated carbocycles. The van der Waals surface area contributed by atoms with Gasteiger partial charge in [-0.05, 0) is 18.2 Å². The number of nitrogens with two attached hydrogens (primary N) is 1. The first-order chi connectivity index (χ1) is 8.38. The summed E-state index contributed by atoms with van der Waals surface area (Å²) in [4.78, 5) is 0. The monoisotopic (exact) mass is 341 g/mol. The third-order valence-corrected chi connectivity index (χ3v) is 3.12. The molecule has 0 unspecified atom stereocenters. The standard InChI is InChI=1S/C10H13BrFNO4S/c11-8-1-2-9(12)10(7-8)17-4-3-16-5-6-18(13,14)15/h1-2,7H,3-6H2,(H2,13,14,15). The number of sulfonamides is 1. The van der Waals surface area contributed by atoms with Crippen LogP contribution in [0.25, 0.3) is 0 Å². The van der Waals surface area contributed by atoms with E-state index in [4.69, 9.17) is 14.6 Å². The lowest BCUT2D eigenvalue weighted by Crippen LogP contribution is -2.21. The van der Waals surface area contributed by atoms with Crippen molar-refractivity contribution < 1.29 is 22.3 Å². The van der Waals surface area contributed by atoms with Gasteiger partial charge in [0.2, 0.25) is 10.0 Å². The Bertz CT molecular complexity index is 495. The van der Waals surface area contributed by atoms with Crippen LogP contribution in [-0.4, -0.2) is 34.0 Å².